The van der Waals surface area contributed by atoms with E-state index in [2.05, 4.69) is 27.9 Å². The minimum Gasteiger partial charge on any atom is -0.493 e. The largest absolute Gasteiger partial charge is 0.493 e. The lowest BCUT2D eigenvalue weighted by molar-refractivity contribution is -0.115. The van der Waals surface area contributed by atoms with Gasteiger partial charge in [0.2, 0.25) is 0 Å². The third-order valence-corrected chi connectivity index (χ3v) is 4.55. The molecule has 0 heterocycles. The van der Waals surface area contributed by atoms with Crippen LogP contribution in [0.25, 0.3) is 0 Å². The van der Waals surface area contributed by atoms with Crippen LogP contribution in [0.3, 0.4) is 0 Å². The number of methoxy groups -OCH3 is 2. The number of carbonyl (C=O) groups excluding carboxylic acids is 1. The fourth-order valence-electron chi connectivity index (χ4n) is 2.18. The molecule has 1 aliphatic carbocycles. The number of carbonyl (C=O) groups is 1. The Morgan fingerprint density at radius 2 is 1.95 bits per heavy atom. The number of Topliss-reactive ketones (excluding diaryl/α,β-unsaturated/α-hetero) is 1. The summed E-state index contributed by atoms with van der Waals surface area (Å²) in [5.74, 6) is 1.68. The molecule has 5 heteroatoms. The van der Waals surface area contributed by atoms with Gasteiger partial charge in [0.1, 0.15) is 0 Å². The summed E-state index contributed by atoms with van der Waals surface area (Å²) in [7, 11) is 3.25. The molecule has 1 aliphatic rings. The van der Waals surface area contributed by atoms with Gasteiger partial charge in [0, 0.05) is 18.7 Å². The minimum absolute atomic E-state index is 0.242. The van der Waals surface area contributed by atoms with Crippen molar-refractivity contribution in [1.29, 1.82) is 0 Å². The lowest BCUT2D eigenvalue weighted by Gasteiger charge is -2.18. The van der Waals surface area contributed by atoms with Crippen molar-refractivity contribution in [1.82, 2.24) is 5.32 Å². The van der Waals surface area contributed by atoms with Gasteiger partial charge in [0.25, 0.3) is 0 Å². The lowest BCUT2D eigenvalue weighted by Crippen LogP contribution is -2.19. The van der Waals surface area contributed by atoms with Gasteiger partial charge in [0.05, 0.1) is 17.8 Å². The Hall–Kier alpha value is -1.24. The van der Waals surface area contributed by atoms with Gasteiger partial charge in [-0.15, -0.1) is 0 Å². The van der Waals surface area contributed by atoms with E-state index in [1.165, 1.54) is 0 Å². The van der Waals surface area contributed by atoms with E-state index in [4.69, 9.17) is 9.47 Å². The van der Waals surface area contributed by atoms with Crippen LogP contribution in [-0.2, 0) is 11.3 Å². The summed E-state index contributed by atoms with van der Waals surface area (Å²) < 4.78 is 11.3. The first kappa shape index (κ1) is 15.2. The maximum Gasteiger partial charge on any atom is 0.170 e. The SMILES string of the molecule is COc1ccc(CNC2=C(I)C(=O)CCC2)cc1OC. The molecule has 0 bridgehead atoms. The molecule has 0 spiro atoms. The Balaban J connectivity index is 2.07. The third-order valence-electron chi connectivity index (χ3n) is 3.29. The summed E-state index contributed by atoms with van der Waals surface area (Å²) in [4.78, 5) is 11.7. The van der Waals surface area contributed by atoms with Crippen molar-refractivity contribution in [2.45, 2.75) is 25.8 Å². The van der Waals surface area contributed by atoms with E-state index in [0.29, 0.717) is 13.0 Å². The van der Waals surface area contributed by atoms with Gasteiger partial charge in [-0.3, -0.25) is 4.79 Å². The number of ether oxygens (including phenoxy) is 2. The zero-order valence-electron chi connectivity index (χ0n) is 11.7. The topological polar surface area (TPSA) is 47.6 Å². The predicted molar refractivity (Wildman–Crippen MR) is 86.3 cm³/mol. The van der Waals surface area contributed by atoms with E-state index in [-0.39, 0.29) is 5.78 Å². The predicted octanol–water partition coefficient (Wildman–Crippen LogP) is 3.19. The van der Waals surface area contributed by atoms with Crippen LogP contribution in [-0.4, -0.2) is 20.0 Å². The molecular formula is C15H18INO3. The van der Waals surface area contributed by atoms with Gasteiger partial charge in [0.15, 0.2) is 17.3 Å². The second-order valence-corrected chi connectivity index (χ2v) is 5.69. The molecule has 1 aromatic rings. The smallest absolute Gasteiger partial charge is 0.170 e. The van der Waals surface area contributed by atoms with Gasteiger partial charge in [-0.1, -0.05) is 6.07 Å². The fraction of sp³-hybridized carbons (Fsp3) is 0.400. The third kappa shape index (κ3) is 3.45. The number of allylic oxidation sites excluding steroid dienone is 2. The molecule has 1 aromatic carbocycles. The van der Waals surface area contributed by atoms with Crippen LogP contribution < -0.4 is 14.8 Å². The number of hydrogen-bond acceptors (Lipinski definition) is 4. The van der Waals surface area contributed by atoms with Gasteiger partial charge >= 0.3 is 0 Å². The van der Waals surface area contributed by atoms with Crippen LogP contribution in [0.4, 0.5) is 0 Å². The van der Waals surface area contributed by atoms with Crippen molar-refractivity contribution in [2.24, 2.45) is 0 Å². The summed E-state index contributed by atoms with van der Waals surface area (Å²) in [5, 5.41) is 3.36. The minimum atomic E-state index is 0.242. The molecule has 1 N–H and O–H groups in total. The summed E-state index contributed by atoms with van der Waals surface area (Å²) in [6, 6.07) is 5.83. The van der Waals surface area contributed by atoms with Crippen LogP contribution in [0, 0.1) is 0 Å². The molecule has 0 saturated heterocycles. The summed E-state index contributed by atoms with van der Waals surface area (Å²) in [6.45, 7) is 0.676. The highest BCUT2D eigenvalue weighted by Crippen LogP contribution is 2.28. The van der Waals surface area contributed by atoms with Crippen LogP contribution in [0.5, 0.6) is 11.5 Å². The standard InChI is InChI=1S/C15H18INO3/c1-19-13-7-6-10(8-14(13)20-2)9-17-11-4-3-5-12(18)15(11)16/h6-8,17H,3-5,9H2,1-2H3. The molecule has 0 radical (unpaired) electrons. The molecule has 2 rings (SSSR count). The van der Waals surface area contributed by atoms with Gasteiger partial charge < -0.3 is 14.8 Å². The number of nitrogens with one attached hydrogen (secondary N) is 1. The van der Waals surface area contributed by atoms with E-state index < -0.39 is 0 Å². The molecule has 108 valence electrons. The van der Waals surface area contributed by atoms with Gasteiger partial charge in [-0.2, -0.15) is 0 Å². The van der Waals surface area contributed by atoms with E-state index in [1.54, 1.807) is 14.2 Å². The van der Waals surface area contributed by atoms with Crippen molar-refractivity contribution in [3.63, 3.8) is 0 Å². The molecule has 20 heavy (non-hydrogen) atoms. The number of ketones is 1. The number of rotatable bonds is 5. The Morgan fingerprint density at radius 1 is 1.20 bits per heavy atom. The Labute approximate surface area is 132 Å². The molecule has 0 saturated carbocycles. The Bertz CT molecular complexity index is 540. The molecule has 4 nitrogen and oxygen atoms in total. The molecular weight excluding hydrogens is 369 g/mol. The van der Waals surface area contributed by atoms with E-state index in [1.807, 2.05) is 18.2 Å². The second-order valence-electron chi connectivity index (χ2n) is 4.61. The number of benzene rings is 1. The quantitative estimate of drug-likeness (QED) is 0.789. The van der Waals surface area contributed by atoms with Crippen LogP contribution in [0.2, 0.25) is 0 Å². The molecule has 0 aliphatic heterocycles. The average Bonchev–Trinajstić information content (AvgIpc) is 2.48. The summed E-state index contributed by atoms with van der Waals surface area (Å²) >= 11 is 2.14. The molecule has 0 fully saturated rings. The highest BCUT2D eigenvalue weighted by atomic mass is 127. The van der Waals surface area contributed by atoms with E-state index in [0.717, 1.165) is 39.2 Å². The second kappa shape index (κ2) is 6.97. The first-order valence-corrected chi connectivity index (χ1v) is 7.60. The van der Waals surface area contributed by atoms with Crippen molar-refractivity contribution < 1.29 is 14.3 Å². The molecule has 0 unspecified atom stereocenters. The first-order valence-electron chi connectivity index (χ1n) is 6.52. The Morgan fingerprint density at radius 3 is 2.65 bits per heavy atom. The van der Waals surface area contributed by atoms with Gasteiger partial charge in [-0.25, -0.2) is 0 Å². The molecule has 0 atom stereocenters. The normalized spacial score (nSPS) is 15.2. The van der Waals surface area contributed by atoms with Gasteiger partial charge in [-0.05, 0) is 53.1 Å². The van der Waals surface area contributed by atoms with Crippen molar-refractivity contribution in [2.75, 3.05) is 14.2 Å². The number of halogens is 1. The van der Waals surface area contributed by atoms with Crippen molar-refractivity contribution >= 4 is 28.4 Å². The van der Waals surface area contributed by atoms with Crippen molar-refractivity contribution in [3.05, 3.63) is 33.0 Å². The van der Waals surface area contributed by atoms with E-state index >= 15 is 0 Å². The van der Waals surface area contributed by atoms with E-state index in [9.17, 15) is 4.79 Å². The van der Waals surface area contributed by atoms with Crippen molar-refractivity contribution in [3.8, 4) is 11.5 Å². The lowest BCUT2D eigenvalue weighted by atomic mass is 10.0. The zero-order valence-corrected chi connectivity index (χ0v) is 13.8. The van der Waals surface area contributed by atoms with Crippen LogP contribution >= 0.6 is 22.6 Å². The highest BCUT2D eigenvalue weighted by Gasteiger charge is 2.17. The fourth-order valence-corrected chi connectivity index (χ4v) is 2.91. The molecule has 0 aromatic heterocycles. The maximum atomic E-state index is 11.7. The summed E-state index contributed by atoms with van der Waals surface area (Å²) in [5.41, 5.74) is 2.15. The zero-order chi connectivity index (χ0) is 14.5. The number of hydrogen-bond donors (Lipinski definition) is 1. The molecule has 0 amide bonds. The van der Waals surface area contributed by atoms with Crippen LogP contribution in [0.15, 0.2) is 27.5 Å². The summed E-state index contributed by atoms with van der Waals surface area (Å²) in [6.07, 6.45) is 2.54. The van der Waals surface area contributed by atoms with Crippen LogP contribution in [0.1, 0.15) is 24.8 Å². The maximum absolute atomic E-state index is 11.7. The first-order chi connectivity index (χ1) is 9.65. The monoisotopic (exact) mass is 387 g/mol. The highest BCUT2D eigenvalue weighted by molar-refractivity contribution is 14.1. The Kier molecular flexibility index (Phi) is 5.28. The average molecular weight is 387 g/mol.